The van der Waals surface area contributed by atoms with E-state index in [0.717, 1.165) is 23.9 Å². The number of amides is 1. The van der Waals surface area contributed by atoms with E-state index in [4.69, 9.17) is 5.73 Å². The summed E-state index contributed by atoms with van der Waals surface area (Å²) in [5.41, 5.74) is 7.34. The first-order valence-corrected chi connectivity index (χ1v) is 8.27. The Bertz CT molecular complexity index is 746. The van der Waals surface area contributed by atoms with E-state index in [1.54, 1.807) is 0 Å². The maximum Gasteiger partial charge on any atom is 0.326 e. The number of nitrogens with zero attached hydrogens (tertiary/aromatic N) is 2. The molecule has 3 rings (SSSR count). The number of likely N-dealkylation sites (tertiary alicyclic amines) is 1. The number of hydrogen-bond acceptors (Lipinski definition) is 3. The fourth-order valence-corrected chi connectivity index (χ4v) is 3.32. The van der Waals surface area contributed by atoms with Crippen molar-refractivity contribution in [3.05, 3.63) is 34.7 Å². The number of imidazole rings is 1. The van der Waals surface area contributed by atoms with Gasteiger partial charge in [0.15, 0.2) is 0 Å². The number of H-pyrrole nitrogens is 1. The number of aromatic amines is 1. The Hall–Kier alpha value is -1.79. The van der Waals surface area contributed by atoms with Crippen molar-refractivity contribution in [3.63, 3.8) is 0 Å². The number of halogens is 1. The van der Waals surface area contributed by atoms with Gasteiger partial charge < -0.3 is 15.6 Å². The smallest absolute Gasteiger partial charge is 0.326 e. The number of nitrogens with one attached hydrogen (secondary N) is 1. The van der Waals surface area contributed by atoms with Crippen molar-refractivity contribution in [2.75, 3.05) is 19.6 Å². The zero-order valence-electron chi connectivity index (χ0n) is 13.9. The first-order valence-electron chi connectivity index (χ1n) is 8.27. The van der Waals surface area contributed by atoms with Crippen LogP contribution < -0.4 is 11.4 Å². The molecule has 1 aliphatic heterocycles. The third kappa shape index (κ3) is 3.65. The van der Waals surface area contributed by atoms with Crippen molar-refractivity contribution in [2.24, 2.45) is 11.7 Å². The summed E-state index contributed by atoms with van der Waals surface area (Å²) in [6.45, 7) is 3.93. The number of carbonyl (C=O) groups is 1. The highest BCUT2D eigenvalue weighted by Gasteiger charge is 2.26. The molecular formula is C17H25ClN4O2. The van der Waals surface area contributed by atoms with E-state index in [1.165, 1.54) is 0 Å². The molecule has 7 heteroatoms. The molecule has 1 aliphatic rings. The Labute approximate surface area is 147 Å². The van der Waals surface area contributed by atoms with E-state index < -0.39 is 0 Å². The van der Waals surface area contributed by atoms with Crippen LogP contribution in [0.3, 0.4) is 0 Å². The predicted octanol–water partition coefficient (Wildman–Crippen LogP) is 1.90. The molecule has 0 bridgehead atoms. The van der Waals surface area contributed by atoms with Gasteiger partial charge in [0.2, 0.25) is 5.91 Å². The molecule has 2 aromatic rings. The van der Waals surface area contributed by atoms with E-state index in [1.807, 2.05) is 40.7 Å². The topological polar surface area (TPSA) is 84.1 Å². The SMILES string of the molecule is CC(CN)CC(=O)N1CCC(n2c(=O)[nH]c3ccccc32)CC1.Cl. The second-order valence-corrected chi connectivity index (χ2v) is 6.47. The Balaban J connectivity index is 0.00000208. The van der Waals surface area contributed by atoms with Gasteiger partial charge in [-0.3, -0.25) is 9.36 Å². The maximum absolute atomic E-state index is 12.3. The molecule has 0 spiro atoms. The van der Waals surface area contributed by atoms with Crippen LogP contribution in [0, 0.1) is 5.92 Å². The molecule has 1 aromatic heterocycles. The van der Waals surface area contributed by atoms with Crippen molar-refractivity contribution in [1.29, 1.82) is 0 Å². The second-order valence-electron chi connectivity index (χ2n) is 6.47. The summed E-state index contributed by atoms with van der Waals surface area (Å²) >= 11 is 0. The standard InChI is InChI=1S/C17H24N4O2.ClH/c1-12(11-18)10-16(22)20-8-6-13(7-9-20)21-15-5-3-2-4-14(15)19-17(21)23;/h2-5,12-13H,6-11,18H2,1H3,(H,19,23);1H. The number of nitrogens with two attached hydrogens (primary N) is 1. The van der Waals surface area contributed by atoms with Gasteiger partial charge >= 0.3 is 5.69 Å². The van der Waals surface area contributed by atoms with Crippen molar-refractivity contribution in [2.45, 2.75) is 32.2 Å². The van der Waals surface area contributed by atoms with Crippen LogP contribution in [0.4, 0.5) is 0 Å². The fourth-order valence-electron chi connectivity index (χ4n) is 3.32. The van der Waals surface area contributed by atoms with Crippen LogP contribution in [-0.4, -0.2) is 40.0 Å². The van der Waals surface area contributed by atoms with Crippen LogP contribution in [0.5, 0.6) is 0 Å². The molecule has 6 nitrogen and oxygen atoms in total. The van der Waals surface area contributed by atoms with Crippen LogP contribution >= 0.6 is 12.4 Å². The highest BCUT2D eigenvalue weighted by Crippen LogP contribution is 2.25. The highest BCUT2D eigenvalue weighted by molar-refractivity contribution is 5.85. The van der Waals surface area contributed by atoms with Crippen LogP contribution in [0.2, 0.25) is 0 Å². The number of piperidine rings is 1. The van der Waals surface area contributed by atoms with Crippen LogP contribution in [0.1, 0.15) is 32.2 Å². The molecule has 2 heterocycles. The minimum atomic E-state index is -0.0623. The second kappa shape index (κ2) is 7.85. The average molecular weight is 353 g/mol. The van der Waals surface area contributed by atoms with Crippen molar-refractivity contribution in [1.82, 2.24) is 14.5 Å². The van der Waals surface area contributed by atoms with Gasteiger partial charge in [-0.2, -0.15) is 0 Å². The predicted molar refractivity (Wildman–Crippen MR) is 97.5 cm³/mol. The zero-order chi connectivity index (χ0) is 16.4. The number of fused-ring (bicyclic) bond motifs is 1. The molecule has 3 N–H and O–H groups in total. The molecular weight excluding hydrogens is 328 g/mol. The number of hydrogen-bond donors (Lipinski definition) is 2. The molecule has 1 amide bonds. The molecule has 1 saturated heterocycles. The minimum Gasteiger partial charge on any atom is -0.343 e. The number of rotatable bonds is 4. The van der Waals surface area contributed by atoms with E-state index in [2.05, 4.69) is 4.98 Å². The third-order valence-electron chi connectivity index (χ3n) is 4.73. The van der Waals surface area contributed by atoms with E-state index >= 15 is 0 Å². The van der Waals surface area contributed by atoms with Crippen LogP contribution in [0.25, 0.3) is 11.0 Å². The summed E-state index contributed by atoms with van der Waals surface area (Å²) in [7, 11) is 0. The lowest BCUT2D eigenvalue weighted by molar-refractivity contribution is -0.133. The summed E-state index contributed by atoms with van der Waals surface area (Å²) in [6, 6.07) is 7.89. The summed E-state index contributed by atoms with van der Waals surface area (Å²) in [5.74, 6) is 0.393. The van der Waals surface area contributed by atoms with Crippen LogP contribution in [0.15, 0.2) is 29.1 Å². The Morgan fingerprint density at radius 1 is 1.33 bits per heavy atom. The molecule has 1 atom stereocenters. The van der Waals surface area contributed by atoms with Crippen molar-refractivity contribution >= 4 is 29.3 Å². The summed E-state index contributed by atoms with van der Waals surface area (Å²) in [4.78, 5) is 29.3. The summed E-state index contributed by atoms with van der Waals surface area (Å²) in [6.07, 6.45) is 2.13. The Morgan fingerprint density at radius 2 is 2.00 bits per heavy atom. The highest BCUT2D eigenvalue weighted by atomic mass is 35.5. The van der Waals surface area contributed by atoms with Gasteiger partial charge in [-0.25, -0.2) is 4.79 Å². The normalized spacial score (nSPS) is 16.8. The molecule has 0 saturated carbocycles. The number of para-hydroxylation sites is 2. The summed E-state index contributed by atoms with van der Waals surface area (Å²) in [5, 5.41) is 0. The van der Waals surface area contributed by atoms with Gasteiger partial charge in [-0.15, -0.1) is 12.4 Å². The maximum atomic E-state index is 12.3. The quantitative estimate of drug-likeness (QED) is 0.881. The number of benzene rings is 1. The molecule has 1 unspecified atom stereocenters. The number of carbonyl (C=O) groups excluding carboxylic acids is 1. The molecule has 24 heavy (non-hydrogen) atoms. The fraction of sp³-hybridized carbons (Fsp3) is 0.529. The largest absolute Gasteiger partial charge is 0.343 e. The minimum absolute atomic E-state index is 0. The van der Waals surface area contributed by atoms with Gasteiger partial charge in [-0.05, 0) is 37.4 Å². The first kappa shape index (κ1) is 18.5. The van der Waals surface area contributed by atoms with Gasteiger partial charge in [0.05, 0.1) is 11.0 Å². The monoisotopic (exact) mass is 352 g/mol. The van der Waals surface area contributed by atoms with E-state index in [9.17, 15) is 9.59 Å². The Morgan fingerprint density at radius 3 is 2.67 bits per heavy atom. The number of aromatic nitrogens is 2. The molecule has 0 radical (unpaired) electrons. The van der Waals surface area contributed by atoms with Gasteiger partial charge in [-0.1, -0.05) is 19.1 Å². The van der Waals surface area contributed by atoms with Crippen molar-refractivity contribution < 1.29 is 4.79 Å². The van der Waals surface area contributed by atoms with Gasteiger partial charge in [0.25, 0.3) is 0 Å². The molecule has 132 valence electrons. The third-order valence-corrected chi connectivity index (χ3v) is 4.73. The molecule has 1 fully saturated rings. The van der Waals surface area contributed by atoms with Crippen molar-refractivity contribution in [3.8, 4) is 0 Å². The Kier molecular flexibility index (Phi) is 6.07. The summed E-state index contributed by atoms with van der Waals surface area (Å²) < 4.78 is 1.85. The van der Waals surface area contributed by atoms with Crippen LogP contribution in [-0.2, 0) is 4.79 Å². The average Bonchev–Trinajstić information content (AvgIpc) is 2.90. The lowest BCUT2D eigenvalue weighted by Crippen LogP contribution is -2.41. The van der Waals surface area contributed by atoms with Gasteiger partial charge in [0, 0.05) is 25.6 Å². The van der Waals surface area contributed by atoms with Gasteiger partial charge in [0.1, 0.15) is 0 Å². The molecule has 1 aromatic carbocycles. The lowest BCUT2D eigenvalue weighted by Gasteiger charge is -2.33. The molecule has 0 aliphatic carbocycles. The lowest BCUT2D eigenvalue weighted by atomic mass is 10.0. The first-order chi connectivity index (χ1) is 11.1. The van der Waals surface area contributed by atoms with E-state index in [-0.39, 0.29) is 36.0 Å². The zero-order valence-corrected chi connectivity index (χ0v) is 14.7. The van der Waals surface area contributed by atoms with E-state index in [0.29, 0.717) is 26.1 Å².